The van der Waals surface area contributed by atoms with Gasteiger partial charge < -0.3 is 9.64 Å². The highest BCUT2D eigenvalue weighted by atomic mass is 16.5. The third-order valence-electron chi connectivity index (χ3n) is 3.53. The van der Waals surface area contributed by atoms with Gasteiger partial charge in [-0.1, -0.05) is 24.8 Å². The molecule has 4 heteroatoms. The first-order chi connectivity index (χ1) is 11.0. The zero-order valence-corrected chi connectivity index (χ0v) is 13.4. The second-order valence-electron chi connectivity index (χ2n) is 5.29. The van der Waals surface area contributed by atoms with Gasteiger partial charge in [0.2, 0.25) is 0 Å². The van der Waals surface area contributed by atoms with Gasteiger partial charge >= 0.3 is 0 Å². The summed E-state index contributed by atoms with van der Waals surface area (Å²) < 4.78 is 5.61. The standard InChI is InChI=1S/C19H17N3O/c1-13-17(11-20)14(2)23-19(18(13)12-21)10-7-15-5-8-16(9-6-15)22(3)4/h5-10H,1H2,2-4H3. The van der Waals surface area contributed by atoms with Crippen LogP contribution in [0, 0.1) is 22.7 Å². The van der Waals surface area contributed by atoms with Crippen molar-refractivity contribution in [3.05, 3.63) is 70.7 Å². The zero-order valence-electron chi connectivity index (χ0n) is 13.4. The van der Waals surface area contributed by atoms with Crippen molar-refractivity contribution in [1.82, 2.24) is 0 Å². The van der Waals surface area contributed by atoms with Crippen molar-refractivity contribution in [3.63, 3.8) is 0 Å². The molecule has 114 valence electrons. The molecular formula is C19H17N3O. The Morgan fingerprint density at radius 2 is 1.65 bits per heavy atom. The van der Waals surface area contributed by atoms with Gasteiger partial charge in [0.25, 0.3) is 0 Å². The lowest BCUT2D eigenvalue weighted by Crippen LogP contribution is -2.08. The van der Waals surface area contributed by atoms with Crippen molar-refractivity contribution in [2.24, 2.45) is 0 Å². The van der Waals surface area contributed by atoms with Crippen molar-refractivity contribution in [3.8, 4) is 12.1 Å². The maximum Gasteiger partial charge on any atom is 0.145 e. The molecule has 0 aromatic heterocycles. The van der Waals surface area contributed by atoms with Crippen LogP contribution in [-0.4, -0.2) is 14.1 Å². The van der Waals surface area contributed by atoms with E-state index in [1.165, 1.54) is 0 Å². The molecule has 0 fully saturated rings. The number of benzene rings is 1. The van der Waals surface area contributed by atoms with Gasteiger partial charge in [0.05, 0.1) is 5.57 Å². The Kier molecular flexibility index (Phi) is 4.69. The maximum atomic E-state index is 9.31. The molecule has 23 heavy (non-hydrogen) atoms. The highest BCUT2D eigenvalue weighted by Crippen LogP contribution is 2.31. The van der Waals surface area contributed by atoms with Crippen LogP contribution >= 0.6 is 0 Å². The zero-order chi connectivity index (χ0) is 17.0. The van der Waals surface area contributed by atoms with Crippen molar-refractivity contribution >= 4 is 11.8 Å². The van der Waals surface area contributed by atoms with Crippen LogP contribution < -0.4 is 4.90 Å². The van der Waals surface area contributed by atoms with Gasteiger partial charge in [-0.25, -0.2) is 0 Å². The van der Waals surface area contributed by atoms with Crippen LogP contribution in [0.25, 0.3) is 6.08 Å². The van der Waals surface area contributed by atoms with E-state index in [1.54, 1.807) is 13.0 Å². The Bertz CT molecular complexity index is 810. The number of nitrogens with zero attached hydrogens (tertiary/aromatic N) is 3. The summed E-state index contributed by atoms with van der Waals surface area (Å²) in [6, 6.07) is 12.1. The smallest absolute Gasteiger partial charge is 0.145 e. The third-order valence-corrected chi connectivity index (χ3v) is 3.53. The normalized spacial score (nSPS) is 14.6. The Hall–Kier alpha value is -3.24. The van der Waals surface area contributed by atoms with Gasteiger partial charge in [0, 0.05) is 25.4 Å². The average Bonchev–Trinajstić information content (AvgIpc) is 2.53. The van der Waals surface area contributed by atoms with E-state index in [-0.39, 0.29) is 5.57 Å². The van der Waals surface area contributed by atoms with Gasteiger partial charge in [-0.15, -0.1) is 0 Å². The summed E-state index contributed by atoms with van der Waals surface area (Å²) in [5, 5.41) is 18.4. The van der Waals surface area contributed by atoms with Crippen LogP contribution in [0.3, 0.4) is 0 Å². The summed E-state index contributed by atoms with van der Waals surface area (Å²) in [4.78, 5) is 2.02. The Morgan fingerprint density at radius 3 is 2.17 bits per heavy atom. The molecule has 0 aliphatic carbocycles. The topological polar surface area (TPSA) is 60.0 Å². The molecule has 4 nitrogen and oxygen atoms in total. The van der Waals surface area contributed by atoms with Crippen LogP contribution in [0.2, 0.25) is 0 Å². The van der Waals surface area contributed by atoms with Crippen molar-refractivity contribution in [2.75, 3.05) is 19.0 Å². The summed E-state index contributed by atoms with van der Waals surface area (Å²) in [5.74, 6) is 0.866. The average molecular weight is 303 g/mol. The minimum atomic E-state index is 0.285. The molecule has 0 N–H and O–H groups in total. The molecule has 0 unspecified atom stereocenters. The molecule has 0 saturated carbocycles. The molecular weight excluding hydrogens is 286 g/mol. The van der Waals surface area contributed by atoms with Gasteiger partial charge in [0.15, 0.2) is 0 Å². The lowest BCUT2D eigenvalue weighted by Gasteiger charge is -2.18. The molecule has 1 aliphatic heterocycles. The molecule has 0 atom stereocenters. The molecule has 0 amide bonds. The lowest BCUT2D eigenvalue weighted by molar-refractivity contribution is 0.312. The number of ether oxygens (including phenoxy) is 1. The predicted octanol–water partition coefficient (Wildman–Crippen LogP) is 3.93. The van der Waals surface area contributed by atoms with Crippen LogP contribution in [0.5, 0.6) is 0 Å². The number of rotatable bonds is 3. The van der Waals surface area contributed by atoms with E-state index in [9.17, 15) is 5.26 Å². The van der Waals surface area contributed by atoms with Crippen molar-refractivity contribution in [1.29, 1.82) is 10.5 Å². The minimum absolute atomic E-state index is 0.285. The van der Waals surface area contributed by atoms with E-state index >= 15 is 0 Å². The number of anilines is 1. The third kappa shape index (κ3) is 3.33. The fraction of sp³-hybridized carbons (Fsp3) is 0.158. The predicted molar refractivity (Wildman–Crippen MR) is 91.0 cm³/mol. The Labute approximate surface area is 136 Å². The summed E-state index contributed by atoms with van der Waals surface area (Å²) >= 11 is 0. The number of hydrogen-bond donors (Lipinski definition) is 0. The van der Waals surface area contributed by atoms with Crippen LogP contribution in [0.15, 0.2) is 65.2 Å². The molecule has 1 aliphatic rings. The van der Waals surface area contributed by atoms with Crippen molar-refractivity contribution < 1.29 is 4.74 Å². The van der Waals surface area contributed by atoms with E-state index in [1.807, 2.05) is 55.4 Å². The summed E-state index contributed by atoms with van der Waals surface area (Å²) in [6.07, 6.45) is 3.59. The van der Waals surface area contributed by atoms with E-state index in [0.717, 1.165) is 11.3 Å². The highest BCUT2D eigenvalue weighted by molar-refractivity contribution is 5.65. The second-order valence-corrected chi connectivity index (χ2v) is 5.29. The first-order valence-electron chi connectivity index (χ1n) is 7.06. The van der Waals surface area contributed by atoms with Crippen LogP contribution in [0.1, 0.15) is 12.5 Å². The van der Waals surface area contributed by atoms with Crippen molar-refractivity contribution in [2.45, 2.75) is 6.92 Å². The quantitative estimate of drug-likeness (QED) is 0.849. The molecule has 0 radical (unpaired) electrons. The van der Waals surface area contributed by atoms with Gasteiger partial charge in [0.1, 0.15) is 29.2 Å². The molecule has 0 spiro atoms. The number of allylic oxidation sites excluding steroid dienone is 5. The van der Waals surface area contributed by atoms with E-state index in [2.05, 4.69) is 12.6 Å². The minimum Gasteiger partial charge on any atom is -0.459 e. The second kappa shape index (κ2) is 6.68. The van der Waals surface area contributed by atoms with Crippen LogP contribution in [-0.2, 0) is 4.74 Å². The van der Waals surface area contributed by atoms with Gasteiger partial charge in [-0.2, -0.15) is 10.5 Å². The van der Waals surface area contributed by atoms with Gasteiger partial charge in [-0.3, -0.25) is 0 Å². The monoisotopic (exact) mass is 303 g/mol. The van der Waals surface area contributed by atoms with Crippen LogP contribution in [0.4, 0.5) is 5.69 Å². The largest absolute Gasteiger partial charge is 0.459 e. The molecule has 1 aromatic rings. The van der Waals surface area contributed by atoms with E-state index in [4.69, 9.17) is 10.00 Å². The fourth-order valence-electron chi connectivity index (χ4n) is 2.19. The highest BCUT2D eigenvalue weighted by Gasteiger charge is 2.22. The summed E-state index contributed by atoms with van der Waals surface area (Å²) in [5.41, 5.74) is 3.10. The molecule has 1 aromatic carbocycles. The van der Waals surface area contributed by atoms with Gasteiger partial charge in [-0.05, 0) is 30.7 Å². The lowest BCUT2D eigenvalue weighted by atomic mass is 9.96. The molecule has 1 heterocycles. The maximum absolute atomic E-state index is 9.31. The molecule has 0 bridgehead atoms. The first-order valence-corrected chi connectivity index (χ1v) is 7.06. The Morgan fingerprint density at radius 1 is 1.04 bits per heavy atom. The SMILES string of the molecule is C=C1C(C#N)=C(C)OC(C=Cc2ccc(N(C)C)cc2)=C1C#N. The van der Waals surface area contributed by atoms with E-state index in [0.29, 0.717) is 22.7 Å². The summed E-state index contributed by atoms with van der Waals surface area (Å²) in [6.45, 7) is 5.52. The molecule has 2 rings (SSSR count). The van der Waals surface area contributed by atoms with E-state index < -0.39 is 0 Å². The Balaban J connectivity index is 2.30. The number of nitriles is 2. The fourth-order valence-corrected chi connectivity index (χ4v) is 2.19. The summed E-state index contributed by atoms with van der Waals surface area (Å²) in [7, 11) is 3.97. The first kappa shape index (κ1) is 16.1. The number of hydrogen-bond acceptors (Lipinski definition) is 4. The molecule has 0 saturated heterocycles.